The van der Waals surface area contributed by atoms with E-state index in [1.165, 1.54) is 23.9 Å². The average molecular weight is 367 g/mol. The van der Waals surface area contributed by atoms with Gasteiger partial charge in [-0.1, -0.05) is 18.2 Å². The first-order chi connectivity index (χ1) is 12.5. The van der Waals surface area contributed by atoms with Crippen LogP contribution in [0.2, 0.25) is 0 Å². The Morgan fingerprint density at radius 2 is 1.88 bits per heavy atom. The summed E-state index contributed by atoms with van der Waals surface area (Å²) in [6, 6.07) is 13.9. The van der Waals surface area contributed by atoms with Crippen molar-refractivity contribution >= 4 is 40.3 Å². The Kier molecular flexibility index (Phi) is 5.18. The number of carbonyl (C=O) groups excluding carboxylic acids is 1. The van der Waals surface area contributed by atoms with Crippen LogP contribution in [0.5, 0.6) is 0 Å². The van der Waals surface area contributed by atoms with E-state index >= 15 is 0 Å². The van der Waals surface area contributed by atoms with Gasteiger partial charge in [0.05, 0.1) is 15.5 Å². The molecule has 6 nitrogen and oxygen atoms in total. The zero-order valence-corrected chi connectivity index (χ0v) is 15.2. The van der Waals surface area contributed by atoms with Crippen molar-refractivity contribution in [2.45, 2.75) is 13.8 Å². The van der Waals surface area contributed by atoms with Gasteiger partial charge in [0, 0.05) is 18.7 Å². The number of aliphatic imine (C=N–C) groups is 1. The summed E-state index contributed by atoms with van der Waals surface area (Å²) in [6.45, 7) is 4.40. The van der Waals surface area contributed by atoms with E-state index in [0.717, 1.165) is 16.8 Å². The summed E-state index contributed by atoms with van der Waals surface area (Å²) < 4.78 is 0. The third kappa shape index (κ3) is 3.67. The van der Waals surface area contributed by atoms with Crippen LogP contribution in [0.25, 0.3) is 6.08 Å². The van der Waals surface area contributed by atoms with Gasteiger partial charge in [0.2, 0.25) is 0 Å². The number of aryl methyl sites for hydroxylation is 1. The SMILES string of the molecule is CCN1C(=O)/C(=C\c2ccc([N+](=O)[O-])cc2)SC1=Nc1ccccc1C. The lowest BCUT2D eigenvalue weighted by atomic mass is 10.2. The second kappa shape index (κ2) is 7.53. The lowest BCUT2D eigenvalue weighted by Crippen LogP contribution is -2.28. The quantitative estimate of drug-likeness (QED) is 0.452. The number of rotatable bonds is 4. The Balaban J connectivity index is 1.91. The van der Waals surface area contributed by atoms with Crippen LogP contribution in [0.4, 0.5) is 11.4 Å². The molecular formula is C19H17N3O3S. The molecule has 1 aliphatic rings. The number of benzene rings is 2. The highest BCUT2D eigenvalue weighted by Gasteiger charge is 2.32. The van der Waals surface area contributed by atoms with Gasteiger partial charge in [-0.2, -0.15) is 0 Å². The molecule has 1 amide bonds. The number of para-hydroxylation sites is 1. The van der Waals surface area contributed by atoms with Crippen molar-refractivity contribution in [1.29, 1.82) is 0 Å². The molecule has 1 saturated heterocycles. The highest BCUT2D eigenvalue weighted by Crippen LogP contribution is 2.34. The van der Waals surface area contributed by atoms with Crippen LogP contribution in [-0.4, -0.2) is 27.4 Å². The Bertz CT molecular complexity index is 920. The van der Waals surface area contributed by atoms with E-state index in [9.17, 15) is 14.9 Å². The van der Waals surface area contributed by atoms with Gasteiger partial charge in [-0.05, 0) is 61.0 Å². The summed E-state index contributed by atoms with van der Waals surface area (Å²) in [5.41, 5.74) is 2.63. The van der Waals surface area contributed by atoms with E-state index in [2.05, 4.69) is 4.99 Å². The highest BCUT2D eigenvalue weighted by molar-refractivity contribution is 8.18. The van der Waals surface area contributed by atoms with Gasteiger partial charge in [0.15, 0.2) is 5.17 Å². The number of thioether (sulfide) groups is 1. The third-order valence-corrected chi connectivity index (χ3v) is 4.94. The second-order valence-corrected chi connectivity index (χ2v) is 6.70. The number of carbonyl (C=O) groups is 1. The van der Waals surface area contributed by atoms with Crippen LogP contribution in [-0.2, 0) is 4.79 Å². The molecule has 0 spiro atoms. The predicted octanol–water partition coefficient (Wildman–Crippen LogP) is 4.53. The fraction of sp³-hybridized carbons (Fsp3) is 0.158. The molecule has 0 aromatic heterocycles. The van der Waals surface area contributed by atoms with Gasteiger partial charge >= 0.3 is 0 Å². The minimum absolute atomic E-state index is 0.0227. The monoisotopic (exact) mass is 367 g/mol. The maximum atomic E-state index is 12.6. The highest BCUT2D eigenvalue weighted by atomic mass is 32.2. The lowest BCUT2D eigenvalue weighted by molar-refractivity contribution is -0.384. The normalized spacial score (nSPS) is 17.3. The van der Waals surface area contributed by atoms with Gasteiger partial charge in [-0.15, -0.1) is 0 Å². The average Bonchev–Trinajstić information content (AvgIpc) is 2.92. The van der Waals surface area contributed by atoms with Crippen LogP contribution >= 0.6 is 11.8 Å². The van der Waals surface area contributed by atoms with Crippen LogP contribution in [0.3, 0.4) is 0 Å². The maximum absolute atomic E-state index is 12.6. The molecule has 1 fully saturated rings. The number of amidine groups is 1. The first-order valence-corrected chi connectivity index (χ1v) is 8.91. The van der Waals surface area contributed by atoms with Crippen LogP contribution in [0.1, 0.15) is 18.1 Å². The summed E-state index contributed by atoms with van der Waals surface area (Å²) in [4.78, 5) is 29.8. The lowest BCUT2D eigenvalue weighted by Gasteiger charge is -2.12. The molecule has 0 bridgehead atoms. The van der Waals surface area contributed by atoms with Crippen molar-refractivity contribution in [2.75, 3.05) is 6.54 Å². The van der Waals surface area contributed by atoms with Crippen LogP contribution < -0.4 is 0 Å². The van der Waals surface area contributed by atoms with Gasteiger partial charge < -0.3 is 0 Å². The number of nitro groups is 1. The van der Waals surface area contributed by atoms with E-state index in [-0.39, 0.29) is 11.6 Å². The molecule has 26 heavy (non-hydrogen) atoms. The maximum Gasteiger partial charge on any atom is 0.269 e. The Hall–Kier alpha value is -2.93. The molecule has 0 N–H and O–H groups in total. The van der Waals surface area contributed by atoms with Gasteiger partial charge in [0.1, 0.15) is 0 Å². The van der Waals surface area contributed by atoms with Gasteiger partial charge in [0.25, 0.3) is 11.6 Å². The Morgan fingerprint density at radius 1 is 1.19 bits per heavy atom. The number of nitro benzene ring substituents is 1. The molecule has 0 atom stereocenters. The minimum Gasteiger partial charge on any atom is -0.287 e. The molecule has 0 unspecified atom stereocenters. The topological polar surface area (TPSA) is 75.8 Å². The molecule has 132 valence electrons. The molecule has 2 aromatic rings. The summed E-state index contributed by atoms with van der Waals surface area (Å²) in [6.07, 6.45) is 1.74. The largest absolute Gasteiger partial charge is 0.287 e. The molecule has 0 saturated carbocycles. The number of nitrogens with zero attached hydrogens (tertiary/aromatic N) is 3. The third-order valence-electron chi connectivity index (χ3n) is 3.94. The molecule has 0 radical (unpaired) electrons. The fourth-order valence-corrected chi connectivity index (χ4v) is 3.56. The Morgan fingerprint density at radius 3 is 2.50 bits per heavy atom. The van der Waals surface area contributed by atoms with Crippen LogP contribution in [0, 0.1) is 17.0 Å². The zero-order valence-electron chi connectivity index (χ0n) is 14.4. The molecule has 1 heterocycles. The first-order valence-electron chi connectivity index (χ1n) is 8.09. The van der Waals surface area contributed by atoms with E-state index in [1.807, 2.05) is 38.1 Å². The van der Waals surface area contributed by atoms with Crippen LogP contribution in [0.15, 0.2) is 58.4 Å². The summed E-state index contributed by atoms with van der Waals surface area (Å²) in [5.74, 6) is -0.108. The number of likely N-dealkylation sites (N-methyl/N-ethyl adjacent to an activating group) is 1. The molecule has 7 heteroatoms. The predicted molar refractivity (Wildman–Crippen MR) is 104 cm³/mol. The van der Waals surface area contributed by atoms with Gasteiger partial charge in [-0.25, -0.2) is 4.99 Å². The second-order valence-electron chi connectivity index (χ2n) is 5.69. The number of amides is 1. The van der Waals surface area contributed by atoms with Crippen molar-refractivity contribution in [1.82, 2.24) is 4.90 Å². The zero-order chi connectivity index (χ0) is 18.7. The summed E-state index contributed by atoms with van der Waals surface area (Å²) >= 11 is 1.31. The summed E-state index contributed by atoms with van der Waals surface area (Å²) in [7, 11) is 0. The standard InChI is InChI=1S/C19H17N3O3S/c1-3-21-18(23)17(12-14-8-10-15(11-9-14)22(24)25)26-19(21)20-16-7-5-4-6-13(16)2/h4-12H,3H2,1-2H3/b17-12+,20-19?. The fourth-order valence-electron chi connectivity index (χ4n) is 2.51. The van der Waals surface area contributed by atoms with Crippen molar-refractivity contribution < 1.29 is 9.72 Å². The molecule has 1 aliphatic heterocycles. The summed E-state index contributed by atoms with van der Waals surface area (Å²) in [5, 5.41) is 11.4. The van der Waals surface area contributed by atoms with Crippen molar-refractivity contribution in [3.63, 3.8) is 0 Å². The smallest absolute Gasteiger partial charge is 0.269 e. The van der Waals surface area contributed by atoms with E-state index < -0.39 is 4.92 Å². The number of hydrogen-bond donors (Lipinski definition) is 0. The van der Waals surface area contributed by atoms with E-state index in [4.69, 9.17) is 0 Å². The molecule has 0 aliphatic carbocycles. The Labute approximate surface area is 155 Å². The minimum atomic E-state index is -0.446. The van der Waals surface area contributed by atoms with E-state index in [0.29, 0.717) is 16.6 Å². The van der Waals surface area contributed by atoms with Gasteiger partial charge in [-0.3, -0.25) is 19.8 Å². The van der Waals surface area contributed by atoms with Crippen molar-refractivity contribution in [3.05, 3.63) is 74.7 Å². The number of non-ortho nitro benzene ring substituents is 1. The molecular weight excluding hydrogens is 350 g/mol. The molecule has 3 rings (SSSR count). The first kappa shape index (κ1) is 17.9. The molecule has 2 aromatic carbocycles. The number of hydrogen-bond acceptors (Lipinski definition) is 5. The van der Waals surface area contributed by atoms with E-state index in [1.54, 1.807) is 23.1 Å². The van der Waals surface area contributed by atoms with Crippen molar-refractivity contribution in [3.8, 4) is 0 Å². The van der Waals surface area contributed by atoms with Crippen molar-refractivity contribution in [2.24, 2.45) is 4.99 Å².